The van der Waals surface area contributed by atoms with Gasteiger partial charge in [-0.1, -0.05) is 81.3 Å². The van der Waals surface area contributed by atoms with Crippen molar-refractivity contribution in [3.05, 3.63) is 70.7 Å². The summed E-state index contributed by atoms with van der Waals surface area (Å²) >= 11 is 6.01. The predicted molar refractivity (Wildman–Crippen MR) is 83.8 cm³/mol. The van der Waals surface area contributed by atoms with Crippen LogP contribution in [-0.2, 0) is 0 Å². The van der Waals surface area contributed by atoms with E-state index in [1.165, 1.54) is 11.1 Å². The van der Waals surface area contributed by atoms with E-state index in [-0.39, 0.29) is 5.41 Å². The highest BCUT2D eigenvalue weighted by molar-refractivity contribution is 6.30. The Morgan fingerprint density at radius 1 is 0.895 bits per heavy atom. The summed E-state index contributed by atoms with van der Waals surface area (Å²) in [6.07, 6.45) is 1.13. The molecule has 0 saturated carbocycles. The molecule has 0 N–H and O–H groups in total. The second kappa shape index (κ2) is 5.79. The molecule has 0 radical (unpaired) electrons. The summed E-state index contributed by atoms with van der Waals surface area (Å²) in [5, 5.41) is 0.796. The molecule has 0 nitrogen and oxygen atoms in total. The van der Waals surface area contributed by atoms with Crippen LogP contribution in [0.2, 0.25) is 5.02 Å². The Bertz CT molecular complexity index is 511. The fraction of sp³-hybridized carbons (Fsp3) is 0.333. The third-order valence-corrected chi connectivity index (χ3v) is 4.28. The maximum absolute atomic E-state index is 6.01. The van der Waals surface area contributed by atoms with E-state index in [1.54, 1.807) is 0 Å². The van der Waals surface area contributed by atoms with E-state index in [0.717, 1.165) is 11.4 Å². The highest BCUT2D eigenvalue weighted by atomic mass is 35.5. The second-order valence-corrected chi connectivity index (χ2v) is 6.17. The van der Waals surface area contributed by atoms with E-state index in [2.05, 4.69) is 63.2 Å². The van der Waals surface area contributed by atoms with E-state index in [4.69, 9.17) is 11.6 Å². The molecule has 0 aliphatic carbocycles. The fourth-order valence-electron chi connectivity index (χ4n) is 2.60. The summed E-state index contributed by atoms with van der Waals surface area (Å²) in [5.74, 6) is 0.399. The maximum atomic E-state index is 6.01. The number of rotatable bonds is 4. The maximum Gasteiger partial charge on any atom is 0.0406 e. The van der Waals surface area contributed by atoms with E-state index in [0.29, 0.717) is 5.92 Å². The van der Waals surface area contributed by atoms with Crippen LogP contribution >= 0.6 is 11.6 Å². The quantitative estimate of drug-likeness (QED) is 0.649. The molecule has 1 heteroatoms. The van der Waals surface area contributed by atoms with Gasteiger partial charge in [-0.05, 0) is 28.7 Å². The molecule has 1 unspecified atom stereocenters. The van der Waals surface area contributed by atoms with Crippen molar-refractivity contribution < 1.29 is 0 Å². The normalized spacial score (nSPS) is 13.3. The van der Waals surface area contributed by atoms with E-state index < -0.39 is 0 Å². The highest BCUT2D eigenvalue weighted by Crippen LogP contribution is 2.43. The Labute approximate surface area is 121 Å². The minimum Gasteiger partial charge on any atom is -0.0843 e. The zero-order valence-corrected chi connectivity index (χ0v) is 12.6. The van der Waals surface area contributed by atoms with Crippen LogP contribution in [0.3, 0.4) is 0 Å². The lowest BCUT2D eigenvalue weighted by Crippen LogP contribution is -2.22. The number of benzene rings is 2. The van der Waals surface area contributed by atoms with Crippen LogP contribution in [0.1, 0.15) is 44.2 Å². The Morgan fingerprint density at radius 2 is 1.42 bits per heavy atom. The monoisotopic (exact) mass is 272 g/mol. The van der Waals surface area contributed by atoms with Crippen molar-refractivity contribution in [2.24, 2.45) is 5.41 Å². The smallest absolute Gasteiger partial charge is 0.0406 e. The molecule has 0 amide bonds. The first-order valence-corrected chi connectivity index (χ1v) is 7.23. The molecule has 1 atom stereocenters. The first-order valence-electron chi connectivity index (χ1n) is 6.85. The molecule has 0 fully saturated rings. The molecule has 0 saturated heterocycles. The van der Waals surface area contributed by atoms with Crippen molar-refractivity contribution in [1.29, 1.82) is 0 Å². The number of hydrogen-bond donors (Lipinski definition) is 0. The Balaban J connectivity index is 2.49. The lowest BCUT2D eigenvalue weighted by Gasteiger charge is -2.34. The Morgan fingerprint density at radius 3 is 1.95 bits per heavy atom. The summed E-state index contributed by atoms with van der Waals surface area (Å²) in [5.41, 5.74) is 2.92. The van der Waals surface area contributed by atoms with Crippen molar-refractivity contribution in [3.63, 3.8) is 0 Å². The molecule has 0 bridgehead atoms. The van der Waals surface area contributed by atoms with Crippen molar-refractivity contribution in [1.82, 2.24) is 0 Å². The summed E-state index contributed by atoms with van der Waals surface area (Å²) < 4.78 is 0. The van der Waals surface area contributed by atoms with Crippen molar-refractivity contribution in [3.8, 4) is 0 Å². The van der Waals surface area contributed by atoms with Gasteiger partial charge in [-0.15, -0.1) is 0 Å². The zero-order valence-electron chi connectivity index (χ0n) is 11.9. The summed E-state index contributed by atoms with van der Waals surface area (Å²) in [6, 6.07) is 19.0. The molecule has 2 aromatic carbocycles. The zero-order chi connectivity index (χ0) is 13.9. The van der Waals surface area contributed by atoms with Crippen LogP contribution in [0.25, 0.3) is 0 Å². The van der Waals surface area contributed by atoms with Gasteiger partial charge < -0.3 is 0 Å². The van der Waals surface area contributed by atoms with Gasteiger partial charge in [0.2, 0.25) is 0 Å². The topological polar surface area (TPSA) is 0 Å². The van der Waals surface area contributed by atoms with Crippen LogP contribution in [0.15, 0.2) is 54.6 Å². The van der Waals surface area contributed by atoms with Crippen LogP contribution in [0, 0.1) is 5.41 Å². The van der Waals surface area contributed by atoms with E-state index in [9.17, 15) is 0 Å². The van der Waals surface area contributed by atoms with Crippen molar-refractivity contribution >= 4 is 11.6 Å². The van der Waals surface area contributed by atoms with Gasteiger partial charge in [-0.3, -0.25) is 0 Å². The van der Waals surface area contributed by atoms with Crippen LogP contribution in [-0.4, -0.2) is 0 Å². The van der Waals surface area contributed by atoms with Crippen LogP contribution in [0.4, 0.5) is 0 Å². The van der Waals surface area contributed by atoms with Gasteiger partial charge in [-0.2, -0.15) is 0 Å². The van der Waals surface area contributed by atoms with Crippen molar-refractivity contribution in [2.45, 2.75) is 33.1 Å². The molecular weight excluding hydrogens is 252 g/mol. The van der Waals surface area contributed by atoms with Crippen LogP contribution < -0.4 is 0 Å². The summed E-state index contributed by atoms with van der Waals surface area (Å²) in [4.78, 5) is 0. The molecule has 2 aromatic rings. The first-order chi connectivity index (χ1) is 9.04. The molecule has 0 heterocycles. The standard InChI is InChI=1S/C18H21Cl/c1-4-18(2,3)17(14-8-6-5-7-9-14)15-10-12-16(19)13-11-15/h5-13,17H,4H2,1-3H3. The highest BCUT2D eigenvalue weighted by Gasteiger charge is 2.30. The SMILES string of the molecule is CCC(C)(C)C(c1ccccc1)c1ccc(Cl)cc1. The van der Waals surface area contributed by atoms with Gasteiger partial charge in [0.15, 0.2) is 0 Å². The lowest BCUT2D eigenvalue weighted by molar-refractivity contribution is 0.305. The van der Waals surface area contributed by atoms with Gasteiger partial charge in [0.25, 0.3) is 0 Å². The van der Waals surface area contributed by atoms with Gasteiger partial charge in [0.1, 0.15) is 0 Å². The third kappa shape index (κ3) is 3.19. The molecule has 0 aliphatic heterocycles. The molecular formula is C18H21Cl. The molecule has 2 rings (SSSR count). The first kappa shape index (κ1) is 14.1. The van der Waals surface area contributed by atoms with Gasteiger partial charge in [-0.25, -0.2) is 0 Å². The third-order valence-electron chi connectivity index (χ3n) is 4.03. The molecule has 0 spiro atoms. The summed E-state index contributed by atoms with van der Waals surface area (Å²) in [7, 11) is 0. The summed E-state index contributed by atoms with van der Waals surface area (Å²) in [6.45, 7) is 6.92. The average molecular weight is 273 g/mol. The fourth-order valence-corrected chi connectivity index (χ4v) is 2.73. The lowest BCUT2D eigenvalue weighted by atomic mass is 9.70. The largest absolute Gasteiger partial charge is 0.0843 e. The van der Waals surface area contributed by atoms with Crippen LogP contribution in [0.5, 0.6) is 0 Å². The minimum atomic E-state index is 0.217. The predicted octanol–water partition coefficient (Wildman–Crippen LogP) is 5.91. The minimum absolute atomic E-state index is 0.217. The number of halogens is 1. The number of hydrogen-bond acceptors (Lipinski definition) is 0. The van der Waals surface area contributed by atoms with Gasteiger partial charge in [0.05, 0.1) is 0 Å². The van der Waals surface area contributed by atoms with E-state index >= 15 is 0 Å². The average Bonchev–Trinajstić information content (AvgIpc) is 2.42. The molecule has 0 aliphatic rings. The van der Waals surface area contributed by atoms with Gasteiger partial charge in [0, 0.05) is 10.9 Å². The van der Waals surface area contributed by atoms with Crippen molar-refractivity contribution in [2.75, 3.05) is 0 Å². The molecule has 100 valence electrons. The second-order valence-electron chi connectivity index (χ2n) is 5.74. The van der Waals surface area contributed by atoms with E-state index in [1.807, 2.05) is 12.1 Å². The molecule has 0 aromatic heterocycles. The Hall–Kier alpha value is -1.27. The van der Waals surface area contributed by atoms with Gasteiger partial charge >= 0.3 is 0 Å². The molecule has 19 heavy (non-hydrogen) atoms. The Kier molecular flexibility index (Phi) is 4.31.